The first-order valence-corrected chi connectivity index (χ1v) is 4.89. The maximum Gasteiger partial charge on any atom is 0.314 e. The number of rotatable bonds is 2. The van der Waals surface area contributed by atoms with E-state index in [4.69, 9.17) is 0 Å². The minimum absolute atomic E-state index is 0.338. The van der Waals surface area contributed by atoms with Gasteiger partial charge in [-0.2, -0.15) is 0 Å². The van der Waals surface area contributed by atoms with Gasteiger partial charge < -0.3 is 10.6 Å². The summed E-state index contributed by atoms with van der Waals surface area (Å²) in [7, 11) is 1.80. The fraction of sp³-hybridized carbons (Fsp3) is 0.182. The van der Waals surface area contributed by atoms with Gasteiger partial charge in [-0.15, -0.1) is 4.91 Å². The Morgan fingerprint density at radius 2 is 2.31 bits per heavy atom. The van der Waals surface area contributed by atoms with Gasteiger partial charge >= 0.3 is 5.91 Å². The maximum atomic E-state index is 11.2. The van der Waals surface area contributed by atoms with Crippen molar-refractivity contribution in [3.8, 4) is 0 Å². The first-order valence-electron chi connectivity index (χ1n) is 4.89. The fourth-order valence-corrected chi connectivity index (χ4v) is 1.70. The summed E-state index contributed by atoms with van der Waals surface area (Å²) in [5, 5.41) is 8.53. The Labute approximate surface area is 92.5 Å². The van der Waals surface area contributed by atoms with E-state index in [2.05, 4.69) is 15.8 Å². The van der Waals surface area contributed by atoms with Crippen molar-refractivity contribution in [1.29, 1.82) is 0 Å². The van der Waals surface area contributed by atoms with Crippen LogP contribution in [0.2, 0.25) is 0 Å². The molecule has 2 rings (SSSR count). The third-order valence-corrected chi connectivity index (χ3v) is 2.52. The van der Waals surface area contributed by atoms with Crippen LogP contribution in [0.25, 0.3) is 6.08 Å². The molecule has 5 heteroatoms. The van der Waals surface area contributed by atoms with Crippen LogP contribution in [0, 0.1) is 4.91 Å². The molecule has 1 aliphatic rings. The van der Waals surface area contributed by atoms with E-state index in [-0.39, 0.29) is 0 Å². The summed E-state index contributed by atoms with van der Waals surface area (Å²) in [4.78, 5) is 21.4. The Morgan fingerprint density at radius 3 is 3.00 bits per heavy atom. The molecule has 0 radical (unpaired) electrons. The molecule has 2 N–H and O–H groups in total. The maximum absolute atomic E-state index is 11.2. The summed E-state index contributed by atoms with van der Waals surface area (Å²) in [5.41, 5.74) is 3.10. The van der Waals surface area contributed by atoms with Crippen LogP contribution >= 0.6 is 0 Å². The van der Waals surface area contributed by atoms with Crippen molar-refractivity contribution >= 4 is 23.4 Å². The van der Waals surface area contributed by atoms with Gasteiger partial charge in [0.2, 0.25) is 0 Å². The molecule has 1 heterocycles. The van der Waals surface area contributed by atoms with Crippen LogP contribution in [0.5, 0.6) is 0 Å². The second kappa shape index (κ2) is 4.14. The van der Waals surface area contributed by atoms with E-state index >= 15 is 0 Å². The summed E-state index contributed by atoms with van der Waals surface area (Å²) in [6, 6.07) is 5.73. The van der Waals surface area contributed by atoms with Gasteiger partial charge in [0.25, 0.3) is 0 Å². The van der Waals surface area contributed by atoms with Gasteiger partial charge in [0.15, 0.2) is 0 Å². The number of carbonyl (C=O) groups excluding carboxylic acids is 1. The van der Waals surface area contributed by atoms with E-state index in [0.29, 0.717) is 12.1 Å². The number of amides is 1. The average Bonchev–Trinajstić information content (AvgIpc) is 2.36. The highest BCUT2D eigenvalue weighted by atomic mass is 16.3. The summed E-state index contributed by atoms with van der Waals surface area (Å²) < 4.78 is 0. The third kappa shape index (κ3) is 1.67. The molecule has 0 saturated carbocycles. The molecule has 0 fully saturated rings. The van der Waals surface area contributed by atoms with Crippen LogP contribution in [0.15, 0.2) is 28.9 Å². The molecule has 0 aliphatic carbocycles. The van der Waals surface area contributed by atoms with Gasteiger partial charge in [-0.1, -0.05) is 6.07 Å². The minimum atomic E-state index is -0.718. The predicted molar refractivity (Wildman–Crippen MR) is 63.3 cm³/mol. The third-order valence-electron chi connectivity index (χ3n) is 2.52. The van der Waals surface area contributed by atoms with Gasteiger partial charge in [0, 0.05) is 41.3 Å². The number of nitrogens with zero attached hydrogens (tertiary/aromatic N) is 1. The van der Waals surface area contributed by atoms with E-state index in [0.717, 1.165) is 16.9 Å². The molecule has 82 valence electrons. The smallest absolute Gasteiger partial charge is 0.314 e. The monoisotopic (exact) mass is 217 g/mol. The normalized spacial score (nSPS) is 13.2. The van der Waals surface area contributed by atoms with Crippen molar-refractivity contribution in [2.75, 3.05) is 24.2 Å². The Bertz CT molecular complexity index is 480. The Kier molecular flexibility index (Phi) is 2.68. The van der Waals surface area contributed by atoms with Crippen molar-refractivity contribution in [2.24, 2.45) is 5.18 Å². The van der Waals surface area contributed by atoms with Gasteiger partial charge in [0.1, 0.15) is 0 Å². The predicted octanol–water partition coefficient (Wildman–Crippen LogP) is 1.83. The Balaban J connectivity index is 2.49. The second-order valence-corrected chi connectivity index (χ2v) is 3.44. The van der Waals surface area contributed by atoms with Crippen molar-refractivity contribution < 1.29 is 4.79 Å². The van der Waals surface area contributed by atoms with Crippen molar-refractivity contribution in [3.63, 3.8) is 0 Å². The van der Waals surface area contributed by atoms with Crippen LogP contribution in [0.4, 0.5) is 11.4 Å². The lowest BCUT2D eigenvalue weighted by atomic mass is 10.0. The van der Waals surface area contributed by atoms with Gasteiger partial charge in [0.05, 0.1) is 0 Å². The number of carbonyl (C=O) groups is 1. The molecule has 16 heavy (non-hydrogen) atoms. The van der Waals surface area contributed by atoms with Crippen LogP contribution in [0.1, 0.15) is 5.56 Å². The summed E-state index contributed by atoms with van der Waals surface area (Å²) in [6.07, 6.45) is 1.70. The second-order valence-electron chi connectivity index (χ2n) is 3.44. The van der Waals surface area contributed by atoms with Crippen LogP contribution < -0.4 is 10.6 Å². The van der Waals surface area contributed by atoms with E-state index < -0.39 is 5.91 Å². The Hall–Kier alpha value is -2.17. The summed E-state index contributed by atoms with van der Waals surface area (Å²) in [5.74, 6) is -0.718. The molecular weight excluding hydrogens is 206 g/mol. The molecular formula is C11H11N3O2. The molecule has 1 aliphatic heterocycles. The molecule has 0 spiro atoms. The lowest BCUT2D eigenvalue weighted by Crippen LogP contribution is -2.16. The van der Waals surface area contributed by atoms with E-state index in [1.807, 2.05) is 18.2 Å². The molecule has 5 nitrogen and oxygen atoms in total. The first kappa shape index (κ1) is 10.4. The number of nitroso groups, excluding NO2 is 1. The zero-order valence-electron chi connectivity index (χ0n) is 8.78. The molecule has 1 aromatic carbocycles. The number of hydrogen-bond donors (Lipinski definition) is 2. The number of benzene rings is 1. The zero-order chi connectivity index (χ0) is 11.5. The van der Waals surface area contributed by atoms with Crippen molar-refractivity contribution in [2.45, 2.75) is 0 Å². The van der Waals surface area contributed by atoms with Gasteiger partial charge in [-0.25, -0.2) is 0 Å². The SMILES string of the molecule is CNc1cccc2c1C=C(C(=O)N=O)CN2. The molecule has 0 saturated heterocycles. The van der Waals surface area contributed by atoms with E-state index in [1.54, 1.807) is 13.1 Å². The van der Waals surface area contributed by atoms with Crippen molar-refractivity contribution in [3.05, 3.63) is 34.2 Å². The number of nitrogens with one attached hydrogen (secondary N) is 2. The first-order chi connectivity index (χ1) is 7.76. The van der Waals surface area contributed by atoms with Crippen molar-refractivity contribution in [1.82, 2.24) is 0 Å². The quantitative estimate of drug-likeness (QED) is 0.741. The molecule has 1 amide bonds. The van der Waals surface area contributed by atoms with Crippen LogP contribution in [-0.4, -0.2) is 19.5 Å². The van der Waals surface area contributed by atoms with E-state index in [9.17, 15) is 9.70 Å². The highest BCUT2D eigenvalue weighted by molar-refractivity contribution is 6.02. The fourth-order valence-electron chi connectivity index (χ4n) is 1.70. The largest absolute Gasteiger partial charge is 0.388 e. The number of hydrogen-bond acceptors (Lipinski definition) is 4. The van der Waals surface area contributed by atoms with Crippen LogP contribution in [0.3, 0.4) is 0 Å². The van der Waals surface area contributed by atoms with Crippen LogP contribution in [-0.2, 0) is 4.79 Å². The standard InChI is InChI=1S/C11H11N3O2/c1-12-9-3-2-4-10-8(9)5-7(6-13-10)11(15)14-16/h2-5,12-13H,6H2,1H3. The molecule has 0 atom stereocenters. The zero-order valence-corrected chi connectivity index (χ0v) is 8.78. The average molecular weight is 217 g/mol. The van der Waals surface area contributed by atoms with Gasteiger partial charge in [-0.3, -0.25) is 4.79 Å². The van der Waals surface area contributed by atoms with Gasteiger partial charge in [-0.05, 0) is 18.2 Å². The number of fused-ring (bicyclic) bond motifs is 1. The highest BCUT2D eigenvalue weighted by Gasteiger charge is 2.17. The minimum Gasteiger partial charge on any atom is -0.388 e. The Morgan fingerprint density at radius 1 is 1.50 bits per heavy atom. The highest BCUT2D eigenvalue weighted by Crippen LogP contribution is 2.30. The topological polar surface area (TPSA) is 70.6 Å². The lowest BCUT2D eigenvalue weighted by molar-refractivity contribution is -0.114. The summed E-state index contributed by atoms with van der Waals surface area (Å²) >= 11 is 0. The number of anilines is 2. The molecule has 0 aromatic heterocycles. The summed E-state index contributed by atoms with van der Waals surface area (Å²) in [6.45, 7) is 0.338. The molecule has 0 unspecified atom stereocenters. The lowest BCUT2D eigenvalue weighted by Gasteiger charge is -2.18. The molecule has 1 aromatic rings. The molecule has 0 bridgehead atoms. The van der Waals surface area contributed by atoms with E-state index in [1.165, 1.54) is 0 Å².